The van der Waals surface area contributed by atoms with Gasteiger partial charge >= 0.3 is 0 Å². The molecule has 2 aliphatic rings. The van der Waals surface area contributed by atoms with Crippen LogP contribution in [0.15, 0.2) is 41.6 Å². The van der Waals surface area contributed by atoms with Gasteiger partial charge in [-0.3, -0.25) is 9.99 Å². The van der Waals surface area contributed by atoms with Crippen LogP contribution in [0.5, 0.6) is 0 Å². The van der Waals surface area contributed by atoms with E-state index in [4.69, 9.17) is 27.0 Å². The molecule has 1 saturated heterocycles. The van der Waals surface area contributed by atoms with Gasteiger partial charge in [0.2, 0.25) is 0 Å². The minimum atomic E-state index is -0.389. The summed E-state index contributed by atoms with van der Waals surface area (Å²) < 4.78 is 5.44. The van der Waals surface area contributed by atoms with Crippen LogP contribution >= 0.6 is 12.2 Å². The Morgan fingerprint density at radius 1 is 1.34 bits per heavy atom. The molecule has 1 aromatic carbocycles. The Balaban J connectivity index is 1.81. The molecule has 4 rings (SSSR count). The largest absolute Gasteiger partial charge is 0.382 e. The summed E-state index contributed by atoms with van der Waals surface area (Å²) in [5.41, 5.74) is 2.94. The Labute approximate surface area is 178 Å². The fourth-order valence-corrected chi connectivity index (χ4v) is 5.19. The minimum Gasteiger partial charge on any atom is -0.382 e. The van der Waals surface area contributed by atoms with Crippen molar-refractivity contribution < 1.29 is 4.74 Å². The van der Waals surface area contributed by atoms with Crippen LogP contribution in [0.25, 0.3) is 10.9 Å². The first-order valence-corrected chi connectivity index (χ1v) is 11.0. The second-order valence-corrected chi connectivity index (χ2v) is 8.48. The maximum absolute atomic E-state index is 5.93. The van der Waals surface area contributed by atoms with Crippen molar-refractivity contribution in [2.45, 2.75) is 50.0 Å². The van der Waals surface area contributed by atoms with Gasteiger partial charge in [0.15, 0.2) is 0 Å². The number of hydrogen-bond donors (Lipinski definition) is 1. The molecule has 1 N–H and O–H groups in total. The zero-order chi connectivity index (χ0) is 20.3. The molecule has 1 aliphatic carbocycles. The van der Waals surface area contributed by atoms with Gasteiger partial charge in [-0.2, -0.15) is 5.10 Å². The predicted molar refractivity (Wildman–Crippen MR) is 123 cm³/mol. The quantitative estimate of drug-likeness (QED) is 0.754. The topological polar surface area (TPSA) is 49.8 Å². The number of ether oxygens (including phenoxy) is 1. The number of fused-ring (bicyclic) bond motifs is 1. The van der Waals surface area contributed by atoms with E-state index in [9.17, 15) is 0 Å². The number of nitrogens with one attached hydrogen (secondary N) is 1. The van der Waals surface area contributed by atoms with E-state index in [1.807, 2.05) is 19.3 Å². The highest BCUT2D eigenvalue weighted by Crippen LogP contribution is 2.40. The van der Waals surface area contributed by atoms with E-state index in [1.165, 1.54) is 5.71 Å². The fourth-order valence-electron chi connectivity index (χ4n) is 4.85. The highest BCUT2D eigenvalue weighted by molar-refractivity contribution is 7.80. The molecule has 1 aromatic heterocycles. The smallest absolute Gasteiger partial charge is 0.0916 e. The molecule has 0 bridgehead atoms. The Bertz CT molecular complexity index is 915. The number of pyridine rings is 1. The summed E-state index contributed by atoms with van der Waals surface area (Å²) in [5, 5.41) is 11.9. The number of likely N-dealkylation sites (N-methyl/N-ethyl adjacent to an activating group) is 1. The second kappa shape index (κ2) is 8.76. The van der Waals surface area contributed by atoms with Crippen LogP contribution in [0, 0.1) is 0 Å². The van der Waals surface area contributed by atoms with E-state index in [0.717, 1.165) is 73.1 Å². The van der Waals surface area contributed by atoms with Gasteiger partial charge in [-0.25, -0.2) is 0 Å². The molecule has 29 heavy (non-hydrogen) atoms. The van der Waals surface area contributed by atoms with Crippen molar-refractivity contribution in [1.82, 2.24) is 15.3 Å². The molecule has 2 heterocycles. The predicted octanol–water partition coefficient (Wildman–Crippen LogP) is 4.06. The SMILES string of the molecule is CNC(=S)C1(c2cnc3ccccc3c2)CCCCC1=NN1CCC[C@@H]1COC. The Morgan fingerprint density at radius 3 is 3.03 bits per heavy atom. The zero-order valence-electron chi connectivity index (χ0n) is 17.4. The summed E-state index contributed by atoms with van der Waals surface area (Å²) in [7, 11) is 3.69. The highest BCUT2D eigenvalue weighted by Gasteiger charge is 2.44. The van der Waals surface area contributed by atoms with Crippen LogP contribution in [0.1, 0.15) is 44.1 Å². The van der Waals surface area contributed by atoms with Crippen molar-refractivity contribution >= 4 is 33.8 Å². The lowest BCUT2D eigenvalue weighted by Gasteiger charge is -2.40. The lowest BCUT2D eigenvalue weighted by molar-refractivity contribution is 0.117. The number of methoxy groups -OCH3 is 1. The van der Waals surface area contributed by atoms with Crippen LogP contribution in [0.3, 0.4) is 0 Å². The van der Waals surface area contributed by atoms with E-state index in [0.29, 0.717) is 6.04 Å². The molecular formula is C23H30N4OS. The maximum atomic E-state index is 5.93. The highest BCUT2D eigenvalue weighted by atomic mass is 32.1. The van der Waals surface area contributed by atoms with Crippen molar-refractivity contribution in [1.29, 1.82) is 0 Å². The van der Waals surface area contributed by atoms with E-state index >= 15 is 0 Å². The van der Waals surface area contributed by atoms with Crippen LogP contribution in [0.4, 0.5) is 0 Å². The van der Waals surface area contributed by atoms with Crippen molar-refractivity contribution in [3.05, 3.63) is 42.1 Å². The molecule has 6 heteroatoms. The number of hydrazone groups is 1. The van der Waals surface area contributed by atoms with Crippen LogP contribution in [-0.2, 0) is 10.2 Å². The number of aromatic nitrogens is 1. The average molecular weight is 411 g/mol. The van der Waals surface area contributed by atoms with Gasteiger partial charge in [0.25, 0.3) is 0 Å². The van der Waals surface area contributed by atoms with Crippen LogP contribution < -0.4 is 5.32 Å². The molecule has 1 aliphatic heterocycles. The van der Waals surface area contributed by atoms with Crippen LogP contribution in [-0.4, -0.2) is 54.0 Å². The summed E-state index contributed by atoms with van der Waals surface area (Å²) in [4.78, 5) is 5.60. The van der Waals surface area contributed by atoms with Gasteiger partial charge < -0.3 is 10.1 Å². The average Bonchev–Trinajstić information content (AvgIpc) is 3.20. The number of rotatable bonds is 5. The summed E-state index contributed by atoms with van der Waals surface area (Å²) in [5.74, 6) is 0. The van der Waals surface area contributed by atoms with Crippen LogP contribution in [0.2, 0.25) is 0 Å². The van der Waals surface area contributed by atoms with Crippen molar-refractivity contribution in [2.75, 3.05) is 27.3 Å². The summed E-state index contributed by atoms with van der Waals surface area (Å²) in [6.45, 7) is 1.70. The van der Waals surface area contributed by atoms with Gasteiger partial charge in [0, 0.05) is 32.3 Å². The first-order valence-electron chi connectivity index (χ1n) is 10.6. The molecule has 2 atom stereocenters. The molecule has 0 spiro atoms. The minimum absolute atomic E-state index is 0.352. The number of para-hydroxylation sites is 1. The first-order chi connectivity index (χ1) is 14.2. The zero-order valence-corrected chi connectivity index (χ0v) is 18.2. The summed E-state index contributed by atoms with van der Waals surface area (Å²) in [6, 6.07) is 10.9. The molecule has 1 unspecified atom stereocenters. The first kappa shape index (κ1) is 20.2. The number of thiocarbonyl (C=S) groups is 1. The Kier molecular flexibility index (Phi) is 6.11. The standard InChI is InChI=1S/C23H30N4OS/c1-24-22(29)23(18-14-17-8-3-4-10-20(17)25-15-18)12-6-5-11-21(23)26-27-13-7-9-19(27)16-28-2/h3-4,8,10,14-15,19H,5-7,9,11-13,16H2,1-2H3,(H,24,29)/t19-,23?/m1/s1. The van der Waals surface area contributed by atoms with Gasteiger partial charge in [-0.15, -0.1) is 0 Å². The second-order valence-electron chi connectivity index (χ2n) is 8.07. The Morgan fingerprint density at radius 2 is 2.21 bits per heavy atom. The third-order valence-electron chi connectivity index (χ3n) is 6.36. The van der Waals surface area contributed by atoms with Gasteiger partial charge in [0.1, 0.15) is 0 Å². The number of benzene rings is 1. The van der Waals surface area contributed by atoms with Gasteiger partial charge in [-0.05, 0) is 49.8 Å². The lowest BCUT2D eigenvalue weighted by Crippen LogP contribution is -2.51. The van der Waals surface area contributed by atoms with E-state index in [-0.39, 0.29) is 5.41 Å². The molecule has 1 saturated carbocycles. The molecule has 2 fully saturated rings. The number of hydrogen-bond acceptors (Lipinski definition) is 5. The molecule has 5 nitrogen and oxygen atoms in total. The normalized spacial score (nSPS) is 26.2. The molecule has 0 radical (unpaired) electrons. The van der Waals surface area contributed by atoms with E-state index < -0.39 is 0 Å². The Hall–Kier alpha value is -2.05. The summed E-state index contributed by atoms with van der Waals surface area (Å²) in [6.07, 6.45) is 8.51. The third-order valence-corrected chi connectivity index (χ3v) is 6.91. The van der Waals surface area contributed by atoms with Crippen molar-refractivity contribution in [2.24, 2.45) is 5.10 Å². The van der Waals surface area contributed by atoms with E-state index in [2.05, 4.69) is 34.6 Å². The monoisotopic (exact) mass is 410 g/mol. The molecular weight excluding hydrogens is 380 g/mol. The van der Waals surface area contributed by atoms with Gasteiger partial charge in [0.05, 0.1) is 34.3 Å². The maximum Gasteiger partial charge on any atom is 0.0916 e. The third kappa shape index (κ3) is 3.76. The molecule has 2 aromatic rings. The molecule has 154 valence electrons. The fraction of sp³-hybridized carbons (Fsp3) is 0.522. The number of nitrogens with zero attached hydrogens (tertiary/aromatic N) is 3. The van der Waals surface area contributed by atoms with Crippen molar-refractivity contribution in [3.8, 4) is 0 Å². The van der Waals surface area contributed by atoms with Crippen molar-refractivity contribution in [3.63, 3.8) is 0 Å². The molecule has 0 amide bonds. The lowest BCUT2D eigenvalue weighted by atomic mass is 9.68. The van der Waals surface area contributed by atoms with E-state index in [1.54, 1.807) is 7.11 Å². The summed E-state index contributed by atoms with van der Waals surface area (Å²) >= 11 is 5.93. The van der Waals surface area contributed by atoms with Gasteiger partial charge in [-0.1, -0.05) is 36.8 Å².